The summed E-state index contributed by atoms with van der Waals surface area (Å²) >= 11 is 0. The number of rotatable bonds is 53. The molecule has 1 atom stereocenters. The van der Waals surface area contributed by atoms with E-state index in [1.54, 1.807) is 0 Å². The van der Waals surface area contributed by atoms with Gasteiger partial charge in [-0.05, 0) is 51.4 Å². The maximum absolute atomic E-state index is 12.9. The molecule has 0 N–H and O–H groups in total. The van der Waals surface area contributed by atoms with Crippen molar-refractivity contribution in [1.82, 2.24) is 0 Å². The van der Waals surface area contributed by atoms with Crippen molar-refractivity contribution in [3.63, 3.8) is 0 Å². The molecule has 0 radical (unpaired) electrons. The summed E-state index contributed by atoms with van der Waals surface area (Å²) in [7, 11) is 0. The molecule has 0 spiro atoms. The predicted octanol–water partition coefficient (Wildman–Crippen LogP) is 19.4. The highest BCUT2D eigenvalue weighted by molar-refractivity contribution is 5.70. The second kappa shape index (κ2) is 55.4. The molecule has 0 heterocycles. The van der Waals surface area contributed by atoms with Gasteiger partial charge in [0.1, 0.15) is 6.61 Å². The Morgan fingerprint density at radius 1 is 0.359 bits per heavy atom. The number of carbonyl (C=O) groups is 2. The van der Waals surface area contributed by atoms with Crippen molar-refractivity contribution in [3.8, 4) is 0 Å². The average Bonchev–Trinajstić information content (AvgIpc) is 3.30. The van der Waals surface area contributed by atoms with E-state index < -0.39 is 6.10 Å². The molecule has 5 nitrogen and oxygen atoms in total. The van der Waals surface area contributed by atoms with Crippen LogP contribution in [-0.2, 0) is 23.8 Å². The van der Waals surface area contributed by atoms with Crippen LogP contribution in [-0.4, -0.2) is 37.9 Å². The quantitative estimate of drug-likeness (QED) is 0.0346. The van der Waals surface area contributed by atoms with Gasteiger partial charge in [-0.15, -0.1) is 0 Å². The standard InChI is InChI=1S/C59H110O5/c1-4-7-10-13-16-19-22-25-28-30-32-34-37-40-43-46-49-52-58(60)63-56-57(55-62-54-51-48-45-42-39-36-27-24-21-18-15-12-9-6-3)64-59(61)53-50-47-44-41-38-35-33-31-29-26-23-20-17-14-11-8-5-2/h7,10,16,19,25,28,57H,4-6,8-9,11-15,17-18,20-24,26-27,29-56H2,1-3H3/b10-7-,19-16-,28-25-. The fraction of sp³-hybridized carbons (Fsp3) is 0.864. The van der Waals surface area contributed by atoms with E-state index in [1.807, 2.05) is 0 Å². The fourth-order valence-electron chi connectivity index (χ4n) is 8.47. The molecule has 0 aromatic rings. The molecular weight excluding hydrogens is 789 g/mol. The van der Waals surface area contributed by atoms with Gasteiger partial charge in [0, 0.05) is 19.4 Å². The number of unbranched alkanes of at least 4 members (excludes halogenated alkanes) is 36. The number of ether oxygens (including phenoxy) is 3. The van der Waals surface area contributed by atoms with Crippen molar-refractivity contribution in [1.29, 1.82) is 0 Å². The lowest BCUT2D eigenvalue weighted by Gasteiger charge is -2.18. The molecule has 0 rings (SSSR count). The van der Waals surface area contributed by atoms with Crippen LogP contribution >= 0.6 is 0 Å². The molecule has 376 valence electrons. The zero-order chi connectivity index (χ0) is 46.3. The molecule has 5 heteroatoms. The molecule has 0 aromatic carbocycles. The molecule has 0 aliphatic rings. The van der Waals surface area contributed by atoms with Gasteiger partial charge < -0.3 is 14.2 Å². The average molecular weight is 900 g/mol. The van der Waals surface area contributed by atoms with Crippen LogP contribution in [0.4, 0.5) is 0 Å². The molecule has 64 heavy (non-hydrogen) atoms. The van der Waals surface area contributed by atoms with E-state index in [-0.39, 0.29) is 18.5 Å². The lowest BCUT2D eigenvalue weighted by Crippen LogP contribution is -2.30. The minimum Gasteiger partial charge on any atom is -0.462 e. The highest BCUT2D eigenvalue weighted by Gasteiger charge is 2.17. The van der Waals surface area contributed by atoms with Crippen molar-refractivity contribution >= 4 is 11.9 Å². The number of carbonyl (C=O) groups excluding carboxylic acids is 2. The maximum Gasteiger partial charge on any atom is 0.306 e. The van der Waals surface area contributed by atoms with Crippen molar-refractivity contribution in [2.24, 2.45) is 0 Å². The Labute approximate surface area is 400 Å². The van der Waals surface area contributed by atoms with E-state index in [2.05, 4.69) is 57.2 Å². The summed E-state index contributed by atoms with van der Waals surface area (Å²) in [6, 6.07) is 0. The molecule has 0 bridgehead atoms. The van der Waals surface area contributed by atoms with Gasteiger partial charge >= 0.3 is 11.9 Å². The van der Waals surface area contributed by atoms with Crippen LogP contribution in [0.15, 0.2) is 36.5 Å². The first kappa shape index (κ1) is 62.1. The molecule has 0 aliphatic carbocycles. The molecule has 0 aliphatic heterocycles. The van der Waals surface area contributed by atoms with Crippen molar-refractivity contribution in [2.45, 2.75) is 309 Å². The Morgan fingerprint density at radius 3 is 1.12 bits per heavy atom. The first-order chi connectivity index (χ1) is 31.6. The van der Waals surface area contributed by atoms with Crippen LogP contribution < -0.4 is 0 Å². The van der Waals surface area contributed by atoms with Gasteiger partial charge in [-0.1, -0.05) is 276 Å². The molecule has 0 fully saturated rings. The van der Waals surface area contributed by atoms with E-state index in [0.29, 0.717) is 26.1 Å². The third-order valence-electron chi connectivity index (χ3n) is 12.7. The third kappa shape index (κ3) is 52.7. The summed E-state index contributed by atoms with van der Waals surface area (Å²) in [6.07, 6.45) is 67.3. The van der Waals surface area contributed by atoms with Gasteiger partial charge in [-0.3, -0.25) is 9.59 Å². The summed E-state index contributed by atoms with van der Waals surface area (Å²) in [5, 5.41) is 0. The zero-order valence-electron chi connectivity index (χ0n) is 43.3. The summed E-state index contributed by atoms with van der Waals surface area (Å²) in [5.41, 5.74) is 0. The van der Waals surface area contributed by atoms with E-state index in [0.717, 1.165) is 64.2 Å². The van der Waals surface area contributed by atoms with E-state index in [4.69, 9.17) is 14.2 Å². The molecule has 1 unspecified atom stereocenters. The van der Waals surface area contributed by atoms with E-state index >= 15 is 0 Å². The maximum atomic E-state index is 12.9. The van der Waals surface area contributed by atoms with Gasteiger partial charge in [0.15, 0.2) is 6.10 Å². The normalized spacial score (nSPS) is 12.4. The Morgan fingerprint density at radius 2 is 0.703 bits per heavy atom. The van der Waals surface area contributed by atoms with Crippen molar-refractivity contribution < 1.29 is 23.8 Å². The monoisotopic (exact) mass is 899 g/mol. The topological polar surface area (TPSA) is 61.8 Å². The largest absolute Gasteiger partial charge is 0.462 e. The van der Waals surface area contributed by atoms with Crippen LogP contribution in [0.3, 0.4) is 0 Å². The van der Waals surface area contributed by atoms with Crippen LogP contribution in [0.2, 0.25) is 0 Å². The smallest absolute Gasteiger partial charge is 0.306 e. The van der Waals surface area contributed by atoms with Crippen LogP contribution in [0.25, 0.3) is 0 Å². The Hall–Kier alpha value is -1.88. The van der Waals surface area contributed by atoms with E-state index in [1.165, 1.54) is 205 Å². The first-order valence-electron chi connectivity index (χ1n) is 28.5. The fourth-order valence-corrected chi connectivity index (χ4v) is 8.47. The van der Waals surface area contributed by atoms with Gasteiger partial charge in [0.2, 0.25) is 0 Å². The summed E-state index contributed by atoms with van der Waals surface area (Å²) in [6.45, 7) is 7.78. The number of hydrogen-bond donors (Lipinski definition) is 0. The minimum absolute atomic E-state index is 0.0867. The van der Waals surface area contributed by atoms with Crippen LogP contribution in [0.1, 0.15) is 303 Å². The Balaban J connectivity index is 4.23. The number of hydrogen-bond acceptors (Lipinski definition) is 5. The molecule has 0 amide bonds. The minimum atomic E-state index is -0.534. The van der Waals surface area contributed by atoms with Gasteiger partial charge in [0.25, 0.3) is 0 Å². The second-order valence-electron chi connectivity index (χ2n) is 19.2. The summed E-state index contributed by atoms with van der Waals surface area (Å²) < 4.78 is 17.5. The summed E-state index contributed by atoms with van der Waals surface area (Å²) in [5.74, 6) is -0.387. The lowest BCUT2D eigenvalue weighted by molar-refractivity contribution is -0.163. The number of esters is 2. The van der Waals surface area contributed by atoms with Gasteiger partial charge in [0.05, 0.1) is 6.61 Å². The zero-order valence-corrected chi connectivity index (χ0v) is 43.3. The van der Waals surface area contributed by atoms with Crippen LogP contribution in [0.5, 0.6) is 0 Å². The van der Waals surface area contributed by atoms with E-state index in [9.17, 15) is 9.59 Å². The molecule has 0 saturated carbocycles. The molecular formula is C59H110O5. The molecule has 0 saturated heterocycles. The highest BCUT2D eigenvalue weighted by atomic mass is 16.6. The Bertz CT molecular complexity index is 1020. The lowest BCUT2D eigenvalue weighted by atomic mass is 10.0. The Kier molecular flexibility index (Phi) is 53.8. The van der Waals surface area contributed by atoms with Crippen molar-refractivity contribution in [3.05, 3.63) is 36.5 Å². The third-order valence-corrected chi connectivity index (χ3v) is 12.7. The second-order valence-corrected chi connectivity index (χ2v) is 19.2. The molecule has 0 aromatic heterocycles. The highest BCUT2D eigenvalue weighted by Crippen LogP contribution is 2.17. The summed E-state index contributed by atoms with van der Waals surface area (Å²) in [4.78, 5) is 25.5. The first-order valence-corrected chi connectivity index (χ1v) is 28.5. The van der Waals surface area contributed by atoms with Crippen LogP contribution in [0, 0.1) is 0 Å². The SMILES string of the molecule is CC/C=C\C/C=C\C/C=C\CCCCCCCCCC(=O)OCC(COCCCCCCCCCCCCCCCC)OC(=O)CCCCCCCCCCCCCCCCCCC. The van der Waals surface area contributed by atoms with Gasteiger partial charge in [-0.25, -0.2) is 0 Å². The van der Waals surface area contributed by atoms with Gasteiger partial charge in [-0.2, -0.15) is 0 Å². The number of allylic oxidation sites excluding steroid dienone is 6. The predicted molar refractivity (Wildman–Crippen MR) is 279 cm³/mol. The van der Waals surface area contributed by atoms with Crippen molar-refractivity contribution in [2.75, 3.05) is 19.8 Å².